The summed E-state index contributed by atoms with van der Waals surface area (Å²) < 4.78 is 48.6. The van der Waals surface area contributed by atoms with Crippen LogP contribution in [0.25, 0.3) is 0 Å². The van der Waals surface area contributed by atoms with Crippen molar-refractivity contribution in [3.05, 3.63) is 59.3 Å². The van der Waals surface area contributed by atoms with Gasteiger partial charge in [0.05, 0.1) is 30.2 Å². The summed E-state index contributed by atoms with van der Waals surface area (Å²) >= 11 is 0. The quantitative estimate of drug-likeness (QED) is 0.552. The lowest BCUT2D eigenvalue weighted by Crippen LogP contribution is -2.64. The van der Waals surface area contributed by atoms with Gasteiger partial charge in [-0.3, -0.25) is 19.9 Å². The van der Waals surface area contributed by atoms with E-state index in [4.69, 9.17) is 10.00 Å². The molecular formula is C29H32F3N7O3. The number of nitrogens with zero attached hydrogens (tertiary/aromatic N) is 5. The normalized spacial score (nSPS) is 28.3. The fraction of sp³-hybridized carbons (Fsp3) is 0.517. The maximum absolute atomic E-state index is 14.1. The van der Waals surface area contributed by atoms with Crippen LogP contribution in [0.5, 0.6) is 0 Å². The number of nitriles is 1. The van der Waals surface area contributed by atoms with E-state index in [2.05, 4.69) is 26.8 Å². The predicted molar refractivity (Wildman–Crippen MR) is 144 cm³/mol. The number of halogens is 3. The van der Waals surface area contributed by atoms with Crippen LogP contribution >= 0.6 is 0 Å². The summed E-state index contributed by atoms with van der Waals surface area (Å²) in [4.78, 5) is 35.5. The predicted octanol–water partition coefficient (Wildman–Crippen LogP) is 2.28. The maximum atomic E-state index is 14.1. The van der Waals surface area contributed by atoms with Gasteiger partial charge in [0.1, 0.15) is 11.9 Å². The van der Waals surface area contributed by atoms with E-state index in [9.17, 15) is 22.8 Å². The van der Waals surface area contributed by atoms with Crippen molar-refractivity contribution < 1.29 is 27.5 Å². The lowest BCUT2D eigenvalue weighted by molar-refractivity contribution is -0.204. The van der Waals surface area contributed by atoms with Gasteiger partial charge >= 0.3 is 6.18 Å². The minimum absolute atomic E-state index is 0.0120. The minimum Gasteiger partial charge on any atom is -0.372 e. The summed E-state index contributed by atoms with van der Waals surface area (Å²) in [6.07, 6.45) is -2.45. The first-order valence-electron chi connectivity index (χ1n) is 14.2. The van der Waals surface area contributed by atoms with Crippen molar-refractivity contribution in [2.75, 3.05) is 37.6 Å². The van der Waals surface area contributed by atoms with Gasteiger partial charge in [0.2, 0.25) is 11.8 Å². The van der Waals surface area contributed by atoms with E-state index in [1.807, 2.05) is 29.2 Å². The molecule has 42 heavy (non-hydrogen) atoms. The van der Waals surface area contributed by atoms with Crippen molar-refractivity contribution >= 4 is 17.6 Å². The van der Waals surface area contributed by atoms with Crippen LogP contribution in [0.3, 0.4) is 0 Å². The molecule has 1 aromatic carbocycles. The van der Waals surface area contributed by atoms with Crippen LogP contribution in [0.2, 0.25) is 0 Å². The first kappa shape index (κ1) is 28.4. The molecule has 2 N–H and O–H groups in total. The molecule has 0 bridgehead atoms. The Kier molecular flexibility index (Phi) is 7.78. The third-order valence-electron chi connectivity index (χ3n) is 8.78. The average Bonchev–Trinajstić information content (AvgIpc) is 3.61. The zero-order valence-electron chi connectivity index (χ0n) is 22.9. The number of hydrazine groups is 1. The standard InChI is InChI=1S/C29H32F3N7O3/c30-29(31,32)26-22(16-35-36-28(26)41)39-17-19-3-1-2-4-21(19)27(39)23-7-6-20(42-23)13-25(40)38-11-9-37(10-12-38)24-8-5-18(14-33)15-34-24/h1-5,8,15,20,22-23,26-27,35H,6-7,9-13,16-17H2,(H,36,41)/t20-,22?,23+,26?,27-/m1/s1. The third kappa shape index (κ3) is 5.54. The molecule has 2 unspecified atom stereocenters. The molecule has 222 valence electrons. The Morgan fingerprint density at radius 1 is 1.12 bits per heavy atom. The van der Waals surface area contributed by atoms with Gasteiger partial charge in [-0.05, 0) is 36.1 Å². The molecule has 4 aliphatic heterocycles. The summed E-state index contributed by atoms with van der Waals surface area (Å²) in [5.41, 5.74) is 7.11. The van der Waals surface area contributed by atoms with E-state index in [0.717, 1.165) is 16.9 Å². The number of hydrogen-bond donors (Lipinski definition) is 2. The minimum atomic E-state index is -4.69. The van der Waals surface area contributed by atoms with Gasteiger partial charge in [0.15, 0.2) is 5.92 Å². The number of benzene rings is 1. The van der Waals surface area contributed by atoms with Crippen LogP contribution in [0, 0.1) is 17.2 Å². The number of piperazine rings is 1. The number of pyridine rings is 1. The molecule has 0 spiro atoms. The number of amides is 2. The lowest BCUT2D eigenvalue weighted by Gasteiger charge is -2.42. The van der Waals surface area contributed by atoms with Gasteiger partial charge < -0.3 is 14.5 Å². The number of aromatic nitrogens is 1. The number of anilines is 1. The van der Waals surface area contributed by atoms with E-state index in [1.54, 1.807) is 17.0 Å². The van der Waals surface area contributed by atoms with Crippen molar-refractivity contribution in [3.8, 4) is 6.07 Å². The number of alkyl halides is 3. The van der Waals surface area contributed by atoms with E-state index in [-0.39, 0.29) is 31.5 Å². The van der Waals surface area contributed by atoms with Crippen LogP contribution in [0.1, 0.15) is 42.0 Å². The summed E-state index contributed by atoms with van der Waals surface area (Å²) in [5, 5.41) is 8.98. The molecule has 4 aliphatic rings. The average molecular weight is 584 g/mol. The fourth-order valence-corrected chi connectivity index (χ4v) is 6.73. The first-order valence-corrected chi connectivity index (χ1v) is 14.2. The monoisotopic (exact) mass is 583 g/mol. The van der Waals surface area contributed by atoms with Crippen molar-refractivity contribution in [2.24, 2.45) is 5.92 Å². The smallest absolute Gasteiger partial charge is 0.372 e. The molecule has 5 atom stereocenters. The Balaban J connectivity index is 1.10. The van der Waals surface area contributed by atoms with Crippen LogP contribution in [0.15, 0.2) is 42.6 Å². The van der Waals surface area contributed by atoms with Crippen LogP contribution in [-0.2, 0) is 20.9 Å². The molecule has 2 amide bonds. The van der Waals surface area contributed by atoms with Crippen LogP contribution < -0.4 is 15.8 Å². The number of carbonyl (C=O) groups is 2. The molecular weight excluding hydrogens is 551 g/mol. The van der Waals surface area contributed by atoms with Gasteiger partial charge in [0, 0.05) is 51.5 Å². The number of rotatable bonds is 5. The highest BCUT2D eigenvalue weighted by Gasteiger charge is 2.56. The SMILES string of the molecule is N#Cc1ccc(N2CCN(C(=O)C[C@H]3CC[C@@H]([C@H]4c5ccccc5CN4C4CNNC(=O)C4C(F)(F)F)O3)CC2)nc1. The van der Waals surface area contributed by atoms with Gasteiger partial charge in [-0.25, -0.2) is 10.4 Å². The first-order chi connectivity index (χ1) is 20.2. The number of fused-ring (bicyclic) bond motifs is 1. The van der Waals surface area contributed by atoms with E-state index in [1.165, 1.54) is 6.20 Å². The lowest BCUT2D eigenvalue weighted by atomic mass is 9.92. The Hall–Kier alpha value is -3.73. The van der Waals surface area contributed by atoms with Crippen molar-refractivity contribution in [1.29, 1.82) is 5.26 Å². The maximum Gasteiger partial charge on any atom is 0.402 e. The Bertz CT molecular complexity index is 1360. The highest BCUT2D eigenvalue weighted by Crippen LogP contribution is 2.46. The number of ether oxygens (including phenoxy) is 1. The second-order valence-electron chi connectivity index (χ2n) is 11.2. The summed E-state index contributed by atoms with van der Waals surface area (Å²) in [6.45, 7) is 2.56. The topological polar surface area (TPSA) is 114 Å². The molecule has 0 saturated carbocycles. The van der Waals surface area contributed by atoms with Crippen LogP contribution in [0.4, 0.5) is 19.0 Å². The van der Waals surface area contributed by atoms with Crippen molar-refractivity contribution in [3.63, 3.8) is 0 Å². The molecule has 6 rings (SSSR count). The molecule has 2 aromatic rings. The Labute approximate surface area is 241 Å². The molecule has 0 radical (unpaired) electrons. The highest BCUT2D eigenvalue weighted by atomic mass is 19.4. The number of carbonyl (C=O) groups excluding carboxylic acids is 2. The molecule has 3 saturated heterocycles. The molecule has 5 heterocycles. The Morgan fingerprint density at radius 3 is 2.62 bits per heavy atom. The molecule has 3 fully saturated rings. The van der Waals surface area contributed by atoms with Crippen molar-refractivity contribution in [1.82, 2.24) is 25.6 Å². The van der Waals surface area contributed by atoms with Gasteiger partial charge in [-0.15, -0.1) is 0 Å². The largest absolute Gasteiger partial charge is 0.402 e. The van der Waals surface area contributed by atoms with Gasteiger partial charge in [-0.1, -0.05) is 24.3 Å². The third-order valence-corrected chi connectivity index (χ3v) is 8.78. The second kappa shape index (κ2) is 11.5. The van der Waals surface area contributed by atoms with E-state index >= 15 is 0 Å². The zero-order chi connectivity index (χ0) is 29.4. The Morgan fingerprint density at radius 2 is 1.90 bits per heavy atom. The van der Waals surface area contributed by atoms with E-state index < -0.39 is 36.2 Å². The summed E-state index contributed by atoms with van der Waals surface area (Å²) in [6, 6.07) is 11.6. The van der Waals surface area contributed by atoms with Crippen LogP contribution in [-0.4, -0.2) is 83.7 Å². The molecule has 13 heteroatoms. The summed E-state index contributed by atoms with van der Waals surface area (Å²) in [7, 11) is 0. The van der Waals surface area contributed by atoms with Crippen molar-refractivity contribution in [2.45, 2.75) is 56.3 Å². The molecule has 1 aromatic heterocycles. The highest BCUT2D eigenvalue weighted by molar-refractivity contribution is 5.80. The molecule has 0 aliphatic carbocycles. The number of nitrogens with one attached hydrogen (secondary N) is 2. The fourth-order valence-electron chi connectivity index (χ4n) is 6.73. The summed E-state index contributed by atoms with van der Waals surface area (Å²) in [5.74, 6) is -2.49. The number of hydrogen-bond acceptors (Lipinski definition) is 8. The van der Waals surface area contributed by atoms with E-state index in [0.29, 0.717) is 44.6 Å². The second-order valence-corrected chi connectivity index (χ2v) is 11.2. The van der Waals surface area contributed by atoms with Gasteiger partial charge in [0.25, 0.3) is 0 Å². The van der Waals surface area contributed by atoms with Gasteiger partial charge in [-0.2, -0.15) is 18.4 Å². The molecule has 10 nitrogen and oxygen atoms in total. The zero-order valence-corrected chi connectivity index (χ0v) is 22.9.